The van der Waals surface area contributed by atoms with E-state index in [0.717, 1.165) is 51.2 Å². The van der Waals surface area contributed by atoms with Gasteiger partial charge in [-0.2, -0.15) is 0 Å². The monoisotopic (exact) mass is 488 g/mol. The predicted molar refractivity (Wildman–Crippen MR) is 120 cm³/mol. The lowest BCUT2D eigenvalue weighted by atomic mass is 9.96. The van der Waals surface area contributed by atoms with E-state index in [1.807, 2.05) is 0 Å². The second-order valence-electron chi connectivity index (χ2n) is 6.87. The fourth-order valence-corrected chi connectivity index (χ4v) is 3.55. The Bertz CT molecular complexity index is 858. The Morgan fingerprint density at radius 2 is 1.68 bits per heavy atom. The summed E-state index contributed by atoms with van der Waals surface area (Å²) in [4.78, 5) is 43.7. The number of alkyl halides is 3. The van der Waals surface area contributed by atoms with Gasteiger partial charge in [0.15, 0.2) is 6.04 Å². The van der Waals surface area contributed by atoms with E-state index in [-0.39, 0.29) is 17.3 Å². The van der Waals surface area contributed by atoms with Crippen molar-refractivity contribution >= 4 is 64.2 Å². The topological polar surface area (TPSA) is 85.3 Å². The minimum Gasteiger partial charge on any atom is -0.467 e. The number of hydrogen-bond acceptors (Lipinski definition) is 6. The Morgan fingerprint density at radius 1 is 1.06 bits per heavy atom. The molecule has 1 aliphatic rings. The molecule has 0 aliphatic heterocycles. The molecule has 1 aromatic carbocycles. The van der Waals surface area contributed by atoms with Gasteiger partial charge in [0.2, 0.25) is 0 Å². The number of carbonyl (C=O) groups is 3. The van der Waals surface area contributed by atoms with Crippen LogP contribution >= 0.6 is 34.8 Å². The Kier molecular flexibility index (Phi) is 9.38. The largest absolute Gasteiger partial charge is 0.467 e. The molecule has 168 valence electrons. The van der Waals surface area contributed by atoms with Crippen LogP contribution in [0.2, 0.25) is 0 Å². The molecule has 1 atom stereocenters. The van der Waals surface area contributed by atoms with Crippen molar-refractivity contribution in [2.24, 2.45) is 4.99 Å². The predicted octanol–water partition coefficient (Wildman–Crippen LogP) is 4.03. The number of hydrogen-bond donors (Lipinski definition) is 0. The van der Waals surface area contributed by atoms with E-state index in [0.29, 0.717) is 0 Å². The van der Waals surface area contributed by atoms with Crippen molar-refractivity contribution in [3.05, 3.63) is 35.9 Å². The van der Waals surface area contributed by atoms with Crippen molar-refractivity contribution in [3.63, 3.8) is 0 Å². The van der Waals surface area contributed by atoms with E-state index in [2.05, 4.69) is 10.9 Å². The van der Waals surface area contributed by atoms with Gasteiger partial charge in [-0.1, -0.05) is 72.3 Å². The maximum atomic E-state index is 13.0. The fraction of sp³-hybridized carbons (Fsp3) is 0.476. The van der Waals surface area contributed by atoms with Crippen LogP contribution in [0.5, 0.6) is 0 Å². The van der Waals surface area contributed by atoms with Gasteiger partial charge in [0, 0.05) is 5.69 Å². The Labute approximate surface area is 195 Å². The first-order valence-electron chi connectivity index (χ1n) is 9.65. The Morgan fingerprint density at radius 3 is 2.19 bits per heavy atom. The fourth-order valence-electron chi connectivity index (χ4n) is 3.27. The van der Waals surface area contributed by atoms with Crippen LogP contribution in [0.4, 0.5) is 5.69 Å². The van der Waals surface area contributed by atoms with Crippen molar-refractivity contribution in [1.29, 1.82) is 0 Å². The molecule has 0 bridgehead atoms. The molecule has 1 saturated carbocycles. The molecule has 2 rings (SSSR count). The summed E-state index contributed by atoms with van der Waals surface area (Å²) < 4.78 is 7.30. The van der Waals surface area contributed by atoms with Crippen LogP contribution in [0.1, 0.15) is 32.1 Å². The lowest BCUT2D eigenvalue weighted by Crippen LogP contribution is -2.52. The summed E-state index contributed by atoms with van der Waals surface area (Å²) in [5.74, 6) is -0.256. The number of para-hydroxylation sites is 1. The van der Waals surface area contributed by atoms with Crippen LogP contribution in [0.25, 0.3) is 0 Å². The van der Waals surface area contributed by atoms with E-state index in [9.17, 15) is 14.4 Å². The third-order valence-corrected chi connectivity index (χ3v) is 5.28. The van der Waals surface area contributed by atoms with Gasteiger partial charge in [0.05, 0.1) is 20.3 Å². The van der Waals surface area contributed by atoms with Crippen LogP contribution in [-0.2, 0) is 23.9 Å². The highest BCUT2D eigenvalue weighted by Gasteiger charge is 2.45. The van der Waals surface area contributed by atoms with Crippen LogP contribution in [0.3, 0.4) is 0 Å². The normalized spacial score (nSPS) is 15.3. The Balaban J connectivity index is 2.68. The second-order valence-corrected chi connectivity index (χ2v) is 9.15. The summed E-state index contributed by atoms with van der Waals surface area (Å²) in [6.07, 6.45) is 4.79. The van der Waals surface area contributed by atoms with Gasteiger partial charge in [0.1, 0.15) is 5.57 Å². The first-order valence-corrected chi connectivity index (χ1v) is 10.8. The van der Waals surface area contributed by atoms with E-state index in [1.165, 1.54) is 12.1 Å². The molecule has 0 radical (unpaired) electrons. The first kappa shape index (κ1) is 25.2. The van der Waals surface area contributed by atoms with E-state index in [1.54, 1.807) is 18.2 Å². The quantitative estimate of drug-likeness (QED) is 0.261. The maximum absolute atomic E-state index is 13.0. The molecular formula is C21H23Cl3N2O5. The van der Waals surface area contributed by atoms with Gasteiger partial charge in [0.25, 0.3) is 9.70 Å². The minimum absolute atomic E-state index is 0.0549. The van der Waals surface area contributed by atoms with Crippen molar-refractivity contribution in [3.8, 4) is 0 Å². The highest BCUT2D eigenvalue weighted by atomic mass is 35.6. The zero-order valence-electron chi connectivity index (χ0n) is 17.1. The number of nitrogens with zero attached hydrogens (tertiary/aromatic N) is 2. The van der Waals surface area contributed by atoms with E-state index in [4.69, 9.17) is 44.3 Å². The third-order valence-electron chi connectivity index (χ3n) is 4.80. The summed E-state index contributed by atoms with van der Waals surface area (Å²) >= 11 is 17.6. The van der Waals surface area contributed by atoms with Crippen molar-refractivity contribution in [2.75, 3.05) is 19.1 Å². The molecule has 10 heteroatoms. The number of methoxy groups -OCH3 is 2. The molecule has 0 saturated heterocycles. The summed E-state index contributed by atoms with van der Waals surface area (Å²) in [5.41, 5.74) is -0.124. The zero-order valence-corrected chi connectivity index (χ0v) is 19.4. The van der Waals surface area contributed by atoms with Crippen molar-refractivity contribution in [1.82, 2.24) is 0 Å². The molecule has 0 heterocycles. The number of halogens is 3. The van der Waals surface area contributed by atoms with Crippen LogP contribution in [0, 0.1) is 0 Å². The van der Waals surface area contributed by atoms with E-state index < -0.39 is 27.7 Å². The van der Waals surface area contributed by atoms with Crippen LogP contribution < -0.4 is 4.90 Å². The number of ether oxygens (including phenoxy) is 2. The lowest BCUT2D eigenvalue weighted by Gasteiger charge is -2.32. The molecule has 0 N–H and O–H groups in total. The number of amides is 1. The number of anilines is 1. The second kappa shape index (κ2) is 11.5. The molecular weight excluding hydrogens is 467 g/mol. The number of carbonyl (C=O) groups excluding carboxylic acids is 3. The van der Waals surface area contributed by atoms with Crippen LogP contribution in [0.15, 0.2) is 40.9 Å². The van der Waals surface area contributed by atoms with Crippen molar-refractivity contribution in [2.45, 2.75) is 48.0 Å². The Hall–Kier alpha value is -2.05. The highest BCUT2D eigenvalue weighted by molar-refractivity contribution is 6.77. The molecule has 1 aliphatic carbocycles. The highest BCUT2D eigenvalue weighted by Crippen LogP contribution is 2.33. The summed E-state index contributed by atoms with van der Waals surface area (Å²) in [7, 11) is 2.26. The van der Waals surface area contributed by atoms with Gasteiger partial charge < -0.3 is 9.47 Å². The van der Waals surface area contributed by atoms with Gasteiger partial charge in [-0.05, 0) is 30.8 Å². The third kappa shape index (κ3) is 6.71. The SMILES string of the molecule is COC(=O)C(=C=NC1CCCCC1)C(C(=O)OC)N(C(=O)C(Cl)(Cl)Cl)c1ccccc1. The number of esters is 2. The summed E-state index contributed by atoms with van der Waals surface area (Å²) in [6.45, 7) is 0. The summed E-state index contributed by atoms with van der Waals surface area (Å²) in [5, 5.41) is 0. The molecule has 1 fully saturated rings. The minimum atomic E-state index is -2.41. The average molecular weight is 490 g/mol. The first-order chi connectivity index (χ1) is 14.7. The molecule has 1 aromatic rings. The zero-order chi connectivity index (χ0) is 23.0. The van der Waals surface area contributed by atoms with Crippen molar-refractivity contribution < 1.29 is 23.9 Å². The van der Waals surface area contributed by atoms with E-state index >= 15 is 0 Å². The number of benzene rings is 1. The average Bonchev–Trinajstić information content (AvgIpc) is 2.78. The van der Waals surface area contributed by atoms with Gasteiger partial charge in [-0.25, -0.2) is 14.6 Å². The molecule has 1 unspecified atom stereocenters. The molecule has 0 spiro atoms. The molecule has 1 amide bonds. The molecule has 0 aromatic heterocycles. The number of aliphatic imine (C=N–C) groups is 1. The standard InChI is InChI=1S/C21H23Cl3N2O5/c1-30-18(27)16(13-25-14-9-5-3-6-10-14)17(19(28)31-2)26(20(29)21(22,23)24)15-11-7-4-8-12-15/h4,7-8,11-12,14,17H,3,5-6,9-10H2,1-2H3. The lowest BCUT2D eigenvalue weighted by molar-refractivity contribution is -0.145. The maximum Gasteiger partial charge on any atom is 0.346 e. The molecule has 31 heavy (non-hydrogen) atoms. The smallest absolute Gasteiger partial charge is 0.346 e. The van der Waals surface area contributed by atoms with Gasteiger partial charge in [-0.3, -0.25) is 9.69 Å². The molecule has 7 nitrogen and oxygen atoms in total. The van der Waals surface area contributed by atoms with Gasteiger partial charge >= 0.3 is 11.9 Å². The summed E-state index contributed by atoms with van der Waals surface area (Å²) in [6, 6.07) is 6.32. The van der Waals surface area contributed by atoms with Crippen LogP contribution in [-0.4, -0.2) is 53.8 Å². The van der Waals surface area contributed by atoms with Gasteiger partial charge in [-0.15, -0.1) is 0 Å². The number of rotatable bonds is 6.